The van der Waals surface area contributed by atoms with Gasteiger partial charge in [-0.25, -0.2) is 0 Å². The van der Waals surface area contributed by atoms with Crippen LogP contribution in [0, 0.1) is 0 Å². The second-order valence-corrected chi connectivity index (χ2v) is 6.68. The van der Waals surface area contributed by atoms with Crippen LogP contribution in [0.2, 0.25) is 0 Å². The van der Waals surface area contributed by atoms with Gasteiger partial charge in [-0.1, -0.05) is 45.2 Å². The van der Waals surface area contributed by atoms with Crippen LogP contribution in [0.1, 0.15) is 70.8 Å². The highest BCUT2D eigenvalue weighted by Gasteiger charge is 2.32. The highest BCUT2D eigenvalue weighted by molar-refractivity contribution is 5.29. The van der Waals surface area contributed by atoms with E-state index < -0.39 is 5.79 Å². The summed E-state index contributed by atoms with van der Waals surface area (Å²) in [4.78, 5) is 0. The molecule has 23 heavy (non-hydrogen) atoms. The smallest absolute Gasteiger partial charge is 0.165 e. The van der Waals surface area contributed by atoms with E-state index in [1.54, 1.807) is 0 Å². The summed E-state index contributed by atoms with van der Waals surface area (Å²) in [7, 11) is 0. The van der Waals surface area contributed by atoms with Gasteiger partial charge in [0.1, 0.15) is 5.75 Å². The first kappa shape index (κ1) is 18.3. The van der Waals surface area contributed by atoms with Crippen molar-refractivity contribution in [3.05, 3.63) is 29.8 Å². The highest BCUT2D eigenvalue weighted by Crippen LogP contribution is 2.31. The summed E-state index contributed by atoms with van der Waals surface area (Å²) < 4.78 is 17.8. The van der Waals surface area contributed by atoms with Gasteiger partial charge in [0.25, 0.3) is 0 Å². The maximum Gasteiger partial charge on any atom is 0.165 e. The standard InChI is InChI=1S/C20H32O3/c1-4-6-8-13-20(3)22-15-18(16-23-20)17-9-11-19(12-10-17)21-14-7-5-2/h9-12,18H,4-8,13-16H2,1-3H3. The summed E-state index contributed by atoms with van der Waals surface area (Å²) in [6.45, 7) is 8.73. The molecule has 0 saturated carbocycles. The molecule has 1 saturated heterocycles. The molecule has 1 fully saturated rings. The van der Waals surface area contributed by atoms with Gasteiger partial charge in [-0.05, 0) is 37.5 Å². The average Bonchev–Trinajstić information content (AvgIpc) is 2.57. The minimum Gasteiger partial charge on any atom is -0.494 e. The van der Waals surface area contributed by atoms with Gasteiger partial charge in [-0.3, -0.25) is 0 Å². The minimum atomic E-state index is -0.394. The van der Waals surface area contributed by atoms with Crippen molar-refractivity contribution in [3.8, 4) is 5.75 Å². The topological polar surface area (TPSA) is 27.7 Å². The largest absolute Gasteiger partial charge is 0.494 e. The number of hydrogen-bond acceptors (Lipinski definition) is 3. The van der Waals surface area contributed by atoms with Gasteiger partial charge in [0, 0.05) is 12.3 Å². The van der Waals surface area contributed by atoms with Gasteiger partial charge < -0.3 is 14.2 Å². The fourth-order valence-corrected chi connectivity index (χ4v) is 2.85. The minimum absolute atomic E-state index is 0.318. The van der Waals surface area contributed by atoms with Crippen LogP contribution in [0.15, 0.2) is 24.3 Å². The maximum atomic E-state index is 6.04. The Kier molecular flexibility index (Phi) is 7.38. The van der Waals surface area contributed by atoms with E-state index in [1.807, 2.05) is 0 Å². The molecule has 130 valence electrons. The first-order chi connectivity index (χ1) is 11.2. The zero-order chi connectivity index (χ0) is 16.5. The van der Waals surface area contributed by atoms with Crippen LogP contribution in [-0.2, 0) is 9.47 Å². The van der Waals surface area contributed by atoms with E-state index >= 15 is 0 Å². The highest BCUT2D eigenvalue weighted by atomic mass is 16.7. The van der Waals surface area contributed by atoms with Gasteiger partial charge in [0.2, 0.25) is 0 Å². The van der Waals surface area contributed by atoms with Crippen molar-refractivity contribution in [3.63, 3.8) is 0 Å². The van der Waals surface area contributed by atoms with Gasteiger partial charge >= 0.3 is 0 Å². The molecule has 0 spiro atoms. The summed E-state index contributed by atoms with van der Waals surface area (Å²) in [5.74, 6) is 0.873. The quantitative estimate of drug-likeness (QED) is 0.578. The molecule has 1 aromatic rings. The predicted octanol–water partition coefficient (Wildman–Crippen LogP) is 5.29. The second-order valence-electron chi connectivity index (χ2n) is 6.68. The SMILES string of the molecule is CCCCCC1(C)OCC(c2ccc(OCCCC)cc2)CO1. The Balaban J connectivity index is 1.80. The van der Waals surface area contributed by atoms with Crippen LogP contribution >= 0.6 is 0 Å². The van der Waals surface area contributed by atoms with Gasteiger partial charge in [0.05, 0.1) is 19.8 Å². The van der Waals surface area contributed by atoms with Crippen molar-refractivity contribution >= 4 is 0 Å². The second kappa shape index (κ2) is 9.29. The molecule has 0 amide bonds. The molecule has 0 bridgehead atoms. The lowest BCUT2D eigenvalue weighted by molar-refractivity contribution is -0.266. The van der Waals surface area contributed by atoms with Gasteiger partial charge in [-0.2, -0.15) is 0 Å². The van der Waals surface area contributed by atoms with Crippen molar-refractivity contribution in [2.75, 3.05) is 19.8 Å². The van der Waals surface area contributed by atoms with E-state index in [9.17, 15) is 0 Å². The van der Waals surface area contributed by atoms with E-state index in [4.69, 9.17) is 14.2 Å². The molecule has 1 aliphatic heterocycles. The van der Waals surface area contributed by atoms with E-state index in [0.717, 1.165) is 44.8 Å². The summed E-state index contributed by atoms with van der Waals surface area (Å²) in [5, 5.41) is 0. The Labute approximate surface area is 141 Å². The van der Waals surface area contributed by atoms with Crippen LogP contribution in [0.4, 0.5) is 0 Å². The normalized spacial score (nSPS) is 24.6. The third kappa shape index (κ3) is 5.82. The van der Waals surface area contributed by atoms with Crippen LogP contribution in [0.25, 0.3) is 0 Å². The Morgan fingerprint density at radius 1 is 1.00 bits per heavy atom. The summed E-state index contributed by atoms with van der Waals surface area (Å²) >= 11 is 0. The number of benzene rings is 1. The summed E-state index contributed by atoms with van der Waals surface area (Å²) in [5.41, 5.74) is 1.27. The number of rotatable bonds is 9. The van der Waals surface area contributed by atoms with E-state index in [2.05, 4.69) is 45.0 Å². The van der Waals surface area contributed by atoms with Crippen molar-refractivity contribution in [1.29, 1.82) is 0 Å². The molecule has 0 aromatic heterocycles. The molecule has 1 aromatic carbocycles. The van der Waals surface area contributed by atoms with E-state index in [-0.39, 0.29) is 0 Å². The molecule has 0 N–H and O–H groups in total. The maximum absolute atomic E-state index is 6.04. The first-order valence-electron chi connectivity index (χ1n) is 9.17. The van der Waals surface area contributed by atoms with Crippen molar-refractivity contribution in [2.24, 2.45) is 0 Å². The van der Waals surface area contributed by atoms with Crippen molar-refractivity contribution in [2.45, 2.75) is 71.0 Å². The Bertz CT molecular complexity index is 433. The molecule has 0 unspecified atom stereocenters. The molecule has 0 aliphatic carbocycles. The average molecular weight is 320 g/mol. The monoisotopic (exact) mass is 320 g/mol. The Morgan fingerprint density at radius 3 is 2.26 bits per heavy atom. The molecule has 1 aliphatic rings. The zero-order valence-corrected chi connectivity index (χ0v) is 15.0. The molecular formula is C20H32O3. The van der Waals surface area contributed by atoms with Gasteiger partial charge in [-0.15, -0.1) is 0 Å². The molecule has 1 heterocycles. The predicted molar refractivity (Wildman–Crippen MR) is 94.0 cm³/mol. The van der Waals surface area contributed by atoms with Crippen LogP contribution in [-0.4, -0.2) is 25.6 Å². The zero-order valence-electron chi connectivity index (χ0n) is 15.0. The summed E-state index contributed by atoms with van der Waals surface area (Å²) in [6, 6.07) is 8.39. The third-order valence-corrected chi connectivity index (χ3v) is 4.53. The molecule has 3 nitrogen and oxygen atoms in total. The number of unbranched alkanes of at least 4 members (excludes halogenated alkanes) is 3. The first-order valence-corrected chi connectivity index (χ1v) is 9.17. The Morgan fingerprint density at radius 2 is 1.65 bits per heavy atom. The Hall–Kier alpha value is -1.06. The van der Waals surface area contributed by atoms with E-state index in [1.165, 1.54) is 24.8 Å². The lowest BCUT2D eigenvalue weighted by Crippen LogP contribution is -2.40. The lowest BCUT2D eigenvalue weighted by Gasteiger charge is -2.38. The molecule has 0 atom stereocenters. The van der Waals surface area contributed by atoms with E-state index in [0.29, 0.717) is 5.92 Å². The fraction of sp³-hybridized carbons (Fsp3) is 0.700. The molecule has 3 heteroatoms. The lowest BCUT2D eigenvalue weighted by atomic mass is 9.98. The number of hydrogen-bond donors (Lipinski definition) is 0. The third-order valence-electron chi connectivity index (χ3n) is 4.53. The fourth-order valence-electron chi connectivity index (χ4n) is 2.85. The number of ether oxygens (including phenoxy) is 3. The molecule has 0 radical (unpaired) electrons. The van der Waals surface area contributed by atoms with Crippen LogP contribution in [0.5, 0.6) is 5.75 Å². The van der Waals surface area contributed by atoms with Gasteiger partial charge in [0.15, 0.2) is 5.79 Å². The van der Waals surface area contributed by atoms with Crippen molar-refractivity contribution < 1.29 is 14.2 Å². The molecular weight excluding hydrogens is 288 g/mol. The van der Waals surface area contributed by atoms with Crippen molar-refractivity contribution in [1.82, 2.24) is 0 Å². The van der Waals surface area contributed by atoms with Crippen LogP contribution in [0.3, 0.4) is 0 Å². The summed E-state index contributed by atoms with van der Waals surface area (Å²) in [6.07, 6.45) is 6.88. The molecule has 2 rings (SSSR count). The van der Waals surface area contributed by atoms with Crippen LogP contribution < -0.4 is 4.74 Å².